The lowest BCUT2D eigenvalue weighted by atomic mass is 9.87. The zero-order chi connectivity index (χ0) is 29.9. The average molecular weight is 647 g/mol. The summed E-state index contributed by atoms with van der Waals surface area (Å²) in [5.74, 6) is 1.50. The number of carbonyl (C=O) groups excluding carboxylic acids is 2. The number of hydrogen-bond donors (Lipinski definition) is 0. The van der Waals surface area contributed by atoms with Crippen molar-refractivity contribution in [1.82, 2.24) is 4.90 Å². The van der Waals surface area contributed by atoms with Gasteiger partial charge in [0.25, 0.3) is 11.1 Å². The van der Waals surface area contributed by atoms with Gasteiger partial charge in [-0.15, -0.1) is 0 Å². The molecule has 1 heterocycles. The summed E-state index contributed by atoms with van der Waals surface area (Å²) in [4.78, 5) is 27.6. The van der Waals surface area contributed by atoms with Crippen LogP contribution in [0.5, 0.6) is 17.2 Å². The van der Waals surface area contributed by atoms with Crippen LogP contribution in [0.4, 0.5) is 4.79 Å². The Hall–Kier alpha value is -3.75. The minimum absolute atomic E-state index is 0.0864. The number of benzene rings is 4. The highest BCUT2D eigenvalue weighted by Gasteiger charge is 2.35. The van der Waals surface area contributed by atoms with Gasteiger partial charge in [-0.25, -0.2) is 0 Å². The normalized spacial score (nSPS) is 14.6. The van der Waals surface area contributed by atoms with Crippen molar-refractivity contribution in [2.24, 2.45) is 0 Å². The SMILES string of the molecule is COc1cc(/C=C2\SC(=O)N(Cc3ccc4ccccc4c3)C2=O)cc(Br)c1OCCOc1ccc(C(C)(C)C)cc1. The van der Waals surface area contributed by atoms with E-state index in [9.17, 15) is 9.59 Å². The van der Waals surface area contributed by atoms with Crippen molar-refractivity contribution >= 4 is 55.7 Å². The molecule has 42 heavy (non-hydrogen) atoms. The van der Waals surface area contributed by atoms with E-state index >= 15 is 0 Å². The fourth-order valence-corrected chi connectivity index (χ4v) is 6.04. The van der Waals surface area contributed by atoms with Crippen molar-refractivity contribution in [2.75, 3.05) is 20.3 Å². The standard InChI is InChI=1S/C34H32BrNO5S/c1-34(2,3)26-11-13-27(14-12-26)40-15-16-41-31-28(35)18-23(19-29(31)39-4)20-30-32(37)36(33(38)42-30)21-22-9-10-24-7-5-6-8-25(24)17-22/h5-14,17-20H,15-16,21H2,1-4H3/b30-20-. The minimum atomic E-state index is -0.318. The van der Waals surface area contributed by atoms with E-state index in [4.69, 9.17) is 14.2 Å². The molecular formula is C34H32BrNO5S. The Kier molecular flexibility index (Phi) is 8.94. The molecule has 0 atom stereocenters. The van der Waals surface area contributed by atoms with Crippen LogP contribution in [0.15, 0.2) is 88.2 Å². The predicted octanol–water partition coefficient (Wildman–Crippen LogP) is 8.60. The molecule has 0 unspecified atom stereocenters. The number of ether oxygens (including phenoxy) is 3. The molecule has 1 saturated heterocycles. The Balaban J connectivity index is 1.23. The highest BCUT2D eigenvalue weighted by atomic mass is 79.9. The molecule has 8 heteroatoms. The maximum atomic E-state index is 13.2. The maximum absolute atomic E-state index is 13.2. The van der Waals surface area contributed by atoms with E-state index in [1.165, 1.54) is 10.5 Å². The Morgan fingerprint density at radius 2 is 1.60 bits per heavy atom. The first-order chi connectivity index (χ1) is 20.1. The van der Waals surface area contributed by atoms with Crippen molar-refractivity contribution < 1.29 is 23.8 Å². The lowest BCUT2D eigenvalue weighted by Gasteiger charge is -2.19. The van der Waals surface area contributed by atoms with E-state index in [1.807, 2.05) is 60.7 Å². The van der Waals surface area contributed by atoms with Crippen LogP contribution in [-0.4, -0.2) is 36.4 Å². The van der Waals surface area contributed by atoms with Crippen LogP contribution >= 0.6 is 27.7 Å². The summed E-state index contributed by atoms with van der Waals surface area (Å²) < 4.78 is 18.1. The molecule has 5 rings (SSSR count). The van der Waals surface area contributed by atoms with Gasteiger partial charge in [-0.2, -0.15) is 0 Å². The zero-order valence-corrected chi connectivity index (χ0v) is 26.4. The molecule has 0 radical (unpaired) electrons. The smallest absolute Gasteiger partial charge is 0.293 e. The number of thioether (sulfide) groups is 1. The molecule has 0 N–H and O–H groups in total. The molecule has 0 saturated carbocycles. The number of amides is 2. The van der Waals surface area contributed by atoms with Crippen molar-refractivity contribution in [3.63, 3.8) is 0 Å². The minimum Gasteiger partial charge on any atom is -0.493 e. The van der Waals surface area contributed by atoms with Crippen molar-refractivity contribution in [1.29, 1.82) is 0 Å². The second kappa shape index (κ2) is 12.6. The topological polar surface area (TPSA) is 65.1 Å². The molecule has 4 aromatic carbocycles. The van der Waals surface area contributed by atoms with Crippen LogP contribution in [-0.2, 0) is 16.8 Å². The third-order valence-corrected chi connectivity index (χ3v) is 8.39. The van der Waals surface area contributed by atoms with Crippen LogP contribution in [0.3, 0.4) is 0 Å². The van der Waals surface area contributed by atoms with Gasteiger partial charge in [0.1, 0.15) is 19.0 Å². The number of hydrogen-bond acceptors (Lipinski definition) is 6. The molecule has 4 aromatic rings. The molecule has 0 aromatic heterocycles. The number of rotatable bonds is 9. The van der Waals surface area contributed by atoms with Crippen molar-refractivity contribution in [3.8, 4) is 17.2 Å². The maximum Gasteiger partial charge on any atom is 0.293 e. The molecule has 216 valence electrons. The van der Waals surface area contributed by atoms with Gasteiger partial charge in [-0.3, -0.25) is 14.5 Å². The van der Waals surface area contributed by atoms with E-state index in [1.54, 1.807) is 19.3 Å². The van der Waals surface area contributed by atoms with Gasteiger partial charge in [-0.05, 0) is 97.0 Å². The van der Waals surface area contributed by atoms with E-state index in [2.05, 4.69) is 48.8 Å². The lowest BCUT2D eigenvalue weighted by molar-refractivity contribution is -0.123. The number of fused-ring (bicyclic) bond motifs is 1. The Labute approximate surface area is 258 Å². The molecule has 1 aliphatic heterocycles. The summed E-state index contributed by atoms with van der Waals surface area (Å²) in [5, 5.41) is 1.89. The largest absolute Gasteiger partial charge is 0.493 e. The molecule has 1 fully saturated rings. The first kappa shape index (κ1) is 29.7. The summed E-state index contributed by atoms with van der Waals surface area (Å²) in [7, 11) is 1.56. The summed E-state index contributed by atoms with van der Waals surface area (Å²) in [5.41, 5.74) is 2.93. The third kappa shape index (κ3) is 6.82. The van der Waals surface area contributed by atoms with Crippen LogP contribution in [0.1, 0.15) is 37.5 Å². The van der Waals surface area contributed by atoms with E-state index in [0.29, 0.717) is 39.7 Å². The Morgan fingerprint density at radius 1 is 0.881 bits per heavy atom. The van der Waals surface area contributed by atoms with Crippen LogP contribution in [0.2, 0.25) is 0 Å². The summed E-state index contributed by atoms with van der Waals surface area (Å²) in [6, 6.07) is 25.7. The zero-order valence-electron chi connectivity index (χ0n) is 24.0. The molecular weight excluding hydrogens is 614 g/mol. The Morgan fingerprint density at radius 3 is 2.31 bits per heavy atom. The van der Waals surface area contributed by atoms with Gasteiger partial charge < -0.3 is 14.2 Å². The molecule has 0 bridgehead atoms. The quantitative estimate of drug-likeness (QED) is 0.134. The molecule has 0 spiro atoms. The van der Waals surface area contributed by atoms with Crippen LogP contribution in [0.25, 0.3) is 16.8 Å². The first-order valence-electron chi connectivity index (χ1n) is 13.6. The average Bonchev–Trinajstić information content (AvgIpc) is 3.22. The summed E-state index contributed by atoms with van der Waals surface area (Å²) in [6.07, 6.45) is 1.70. The molecule has 1 aliphatic rings. The number of carbonyl (C=O) groups is 2. The van der Waals surface area contributed by atoms with Gasteiger partial charge in [0.05, 0.1) is 23.0 Å². The molecule has 6 nitrogen and oxygen atoms in total. The molecule has 0 aliphatic carbocycles. The summed E-state index contributed by atoms with van der Waals surface area (Å²) in [6.45, 7) is 7.41. The highest BCUT2D eigenvalue weighted by molar-refractivity contribution is 9.10. The third-order valence-electron chi connectivity index (χ3n) is 6.90. The van der Waals surface area contributed by atoms with Gasteiger partial charge in [0.2, 0.25) is 0 Å². The fourth-order valence-electron chi connectivity index (χ4n) is 4.62. The van der Waals surface area contributed by atoms with Gasteiger partial charge >= 0.3 is 0 Å². The number of methoxy groups -OCH3 is 1. The van der Waals surface area contributed by atoms with Gasteiger partial charge in [0, 0.05) is 0 Å². The van der Waals surface area contributed by atoms with Crippen molar-refractivity contribution in [3.05, 3.63) is 105 Å². The summed E-state index contributed by atoms with van der Waals surface area (Å²) >= 11 is 4.50. The number of halogens is 1. The second-order valence-electron chi connectivity index (χ2n) is 11.0. The molecule has 2 amide bonds. The van der Waals surface area contributed by atoms with E-state index in [-0.39, 0.29) is 23.1 Å². The monoisotopic (exact) mass is 645 g/mol. The van der Waals surface area contributed by atoms with Gasteiger partial charge in [-0.1, -0.05) is 69.3 Å². The lowest BCUT2D eigenvalue weighted by Crippen LogP contribution is -2.27. The van der Waals surface area contributed by atoms with Crippen LogP contribution < -0.4 is 14.2 Å². The predicted molar refractivity (Wildman–Crippen MR) is 172 cm³/mol. The van der Waals surface area contributed by atoms with Crippen LogP contribution in [0, 0.1) is 0 Å². The fraction of sp³-hybridized carbons (Fsp3) is 0.235. The van der Waals surface area contributed by atoms with Gasteiger partial charge in [0.15, 0.2) is 11.5 Å². The number of nitrogens with zero attached hydrogens (tertiary/aromatic N) is 1. The van der Waals surface area contributed by atoms with Crippen molar-refractivity contribution in [2.45, 2.75) is 32.7 Å². The number of imide groups is 1. The van der Waals surface area contributed by atoms with E-state index in [0.717, 1.165) is 33.8 Å². The first-order valence-corrected chi connectivity index (χ1v) is 15.2. The Bertz CT molecular complexity index is 1660. The van der Waals surface area contributed by atoms with E-state index < -0.39 is 0 Å². The second-order valence-corrected chi connectivity index (χ2v) is 12.8. The highest BCUT2D eigenvalue weighted by Crippen LogP contribution is 2.39.